The lowest BCUT2D eigenvalue weighted by atomic mass is 9.85. The number of carbonyl (C=O) groups is 1. The average Bonchev–Trinajstić information content (AvgIpc) is 3.34. The minimum atomic E-state index is -3.24. The summed E-state index contributed by atoms with van der Waals surface area (Å²) in [5.74, 6) is -0.0205. The molecule has 2 aliphatic carbocycles. The number of nitrogens with one attached hydrogen (secondary N) is 2. The summed E-state index contributed by atoms with van der Waals surface area (Å²) < 4.78 is 38.7. The summed E-state index contributed by atoms with van der Waals surface area (Å²) in [6.07, 6.45) is 5.76. The number of rotatable bonds is 6. The second kappa shape index (κ2) is 7.41. The summed E-state index contributed by atoms with van der Waals surface area (Å²) in [5.41, 5.74) is 0.996. The first-order valence-electron chi connectivity index (χ1n) is 8.84. The molecule has 2 saturated carbocycles. The molecule has 0 aromatic heterocycles. The van der Waals surface area contributed by atoms with E-state index in [-0.39, 0.29) is 35.5 Å². The van der Waals surface area contributed by atoms with Gasteiger partial charge in [-0.15, -0.1) is 0 Å². The van der Waals surface area contributed by atoms with E-state index in [2.05, 4.69) is 10.0 Å². The number of benzene rings is 1. The molecule has 0 radical (unpaired) electrons. The smallest absolute Gasteiger partial charge is 0.223 e. The Morgan fingerprint density at radius 3 is 2.56 bits per heavy atom. The van der Waals surface area contributed by atoms with Gasteiger partial charge in [0.25, 0.3) is 0 Å². The van der Waals surface area contributed by atoms with Crippen molar-refractivity contribution in [1.82, 2.24) is 10.0 Å². The van der Waals surface area contributed by atoms with Gasteiger partial charge in [-0.3, -0.25) is 4.79 Å². The van der Waals surface area contributed by atoms with Gasteiger partial charge in [0.05, 0.1) is 6.26 Å². The molecule has 1 amide bonds. The van der Waals surface area contributed by atoms with Crippen LogP contribution in [0.2, 0.25) is 0 Å². The Balaban J connectivity index is 1.51. The number of sulfonamides is 1. The van der Waals surface area contributed by atoms with Gasteiger partial charge < -0.3 is 5.32 Å². The first-order valence-corrected chi connectivity index (χ1v) is 10.7. The lowest BCUT2D eigenvalue weighted by molar-refractivity contribution is -0.122. The van der Waals surface area contributed by atoms with Crippen LogP contribution in [0, 0.1) is 17.7 Å². The van der Waals surface area contributed by atoms with E-state index >= 15 is 0 Å². The Morgan fingerprint density at radius 1 is 1.20 bits per heavy atom. The number of hydrogen-bond donors (Lipinski definition) is 2. The molecule has 3 rings (SSSR count). The molecule has 7 heteroatoms. The van der Waals surface area contributed by atoms with Crippen LogP contribution in [0.1, 0.15) is 43.6 Å². The van der Waals surface area contributed by atoms with E-state index in [1.54, 1.807) is 12.1 Å². The molecule has 2 aliphatic rings. The fourth-order valence-electron chi connectivity index (χ4n) is 3.81. The maximum Gasteiger partial charge on any atom is 0.223 e. The Labute approximate surface area is 148 Å². The third kappa shape index (κ3) is 5.01. The quantitative estimate of drug-likeness (QED) is 0.808. The van der Waals surface area contributed by atoms with Gasteiger partial charge in [0.2, 0.25) is 15.9 Å². The molecule has 0 heterocycles. The van der Waals surface area contributed by atoms with E-state index in [9.17, 15) is 17.6 Å². The van der Waals surface area contributed by atoms with Crippen LogP contribution in [0.5, 0.6) is 0 Å². The monoisotopic (exact) mass is 368 g/mol. The van der Waals surface area contributed by atoms with Crippen molar-refractivity contribution in [1.29, 1.82) is 0 Å². The summed E-state index contributed by atoms with van der Waals surface area (Å²) in [7, 11) is -3.24. The maximum atomic E-state index is 13.0. The lowest BCUT2D eigenvalue weighted by Crippen LogP contribution is -2.46. The van der Waals surface area contributed by atoms with Crippen molar-refractivity contribution < 1.29 is 17.6 Å². The Kier molecular flexibility index (Phi) is 5.43. The zero-order chi connectivity index (χ0) is 18.0. The standard InChI is InChI=1S/C18H25FN2O3S/c1-25(23,24)21-17-5-3-2-4-13(17)11-20-18(22)16-10-15(16)12-6-8-14(19)9-7-12/h6-9,13,15-17,21H,2-5,10-11H2,1H3,(H,20,22)/t13?,15-,16+,17?/m0/s1. The maximum absolute atomic E-state index is 13.0. The van der Waals surface area contributed by atoms with Gasteiger partial charge in [0.1, 0.15) is 5.82 Å². The number of carbonyl (C=O) groups excluding carboxylic acids is 1. The van der Waals surface area contributed by atoms with E-state index in [1.165, 1.54) is 18.4 Å². The zero-order valence-electron chi connectivity index (χ0n) is 14.4. The molecule has 0 bridgehead atoms. The molecule has 2 unspecified atom stereocenters. The predicted octanol–water partition coefficient (Wildman–Crippen LogP) is 2.15. The highest BCUT2D eigenvalue weighted by Gasteiger charge is 2.44. The highest BCUT2D eigenvalue weighted by atomic mass is 32.2. The van der Waals surface area contributed by atoms with Gasteiger partial charge >= 0.3 is 0 Å². The van der Waals surface area contributed by atoms with Gasteiger partial charge in [-0.25, -0.2) is 17.5 Å². The lowest BCUT2D eigenvalue weighted by Gasteiger charge is -2.31. The topological polar surface area (TPSA) is 75.3 Å². The molecule has 4 atom stereocenters. The number of amides is 1. The molecule has 0 saturated heterocycles. The van der Waals surface area contributed by atoms with Crippen molar-refractivity contribution in [2.24, 2.45) is 11.8 Å². The van der Waals surface area contributed by atoms with Gasteiger partial charge in [-0.05, 0) is 48.8 Å². The molecular weight excluding hydrogens is 343 g/mol. The fraction of sp³-hybridized carbons (Fsp3) is 0.611. The van der Waals surface area contributed by atoms with Crippen molar-refractivity contribution in [3.63, 3.8) is 0 Å². The van der Waals surface area contributed by atoms with Crippen molar-refractivity contribution >= 4 is 15.9 Å². The molecule has 0 spiro atoms. The molecule has 2 fully saturated rings. The van der Waals surface area contributed by atoms with Crippen LogP contribution in [-0.4, -0.2) is 33.2 Å². The van der Waals surface area contributed by atoms with Crippen molar-refractivity contribution in [3.05, 3.63) is 35.6 Å². The summed E-state index contributed by atoms with van der Waals surface area (Å²) >= 11 is 0. The van der Waals surface area contributed by atoms with E-state index in [0.717, 1.165) is 37.7 Å². The van der Waals surface area contributed by atoms with Crippen molar-refractivity contribution in [3.8, 4) is 0 Å². The van der Waals surface area contributed by atoms with Gasteiger partial charge in [0, 0.05) is 18.5 Å². The van der Waals surface area contributed by atoms with Crippen LogP contribution in [0.15, 0.2) is 24.3 Å². The number of halogens is 1. The SMILES string of the molecule is CS(=O)(=O)NC1CCCCC1CNC(=O)[C@@H]1C[C@H]1c1ccc(F)cc1. The van der Waals surface area contributed by atoms with Crippen molar-refractivity contribution in [2.45, 2.75) is 44.1 Å². The van der Waals surface area contributed by atoms with E-state index < -0.39 is 10.0 Å². The van der Waals surface area contributed by atoms with Gasteiger partial charge in [-0.1, -0.05) is 25.0 Å². The second-order valence-electron chi connectivity index (χ2n) is 7.29. The van der Waals surface area contributed by atoms with Gasteiger partial charge in [-0.2, -0.15) is 0 Å². The molecule has 25 heavy (non-hydrogen) atoms. The van der Waals surface area contributed by atoms with E-state index in [0.29, 0.717) is 6.54 Å². The third-order valence-electron chi connectivity index (χ3n) is 5.24. The first-order chi connectivity index (χ1) is 11.8. The molecule has 0 aliphatic heterocycles. The van der Waals surface area contributed by atoms with Crippen LogP contribution in [0.3, 0.4) is 0 Å². The average molecular weight is 368 g/mol. The summed E-state index contributed by atoms with van der Waals surface area (Å²) in [6.45, 7) is 0.499. The normalized spacial score (nSPS) is 29.2. The van der Waals surface area contributed by atoms with Crippen LogP contribution in [-0.2, 0) is 14.8 Å². The summed E-state index contributed by atoms with van der Waals surface area (Å²) in [5, 5.41) is 2.99. The van der Waals surface area contributed by atoms with Crippen LogP contribution < -0.4 is 10.0 Å². The minimum absolute atomic E-state index is 0.0120. The molecule has 1 aromatic rings. The minimum Gasteiger partial charge on any atom is -0.356 e. The van der Waals surface area contributed by atoms with Gasteiger partial charge in [0.15, 0.2) is 0 Å². The third-order valence-corrected chi connectivity index (χ3v) is 5.97. The Bertz CT molecular complexity index is 720. The molecular formula is C18H25FN2O3S. The highest BCUT2D eigenvalue weighted by molar-refractivity contribution is 7.88. The second-order valence-corrected chi connectivity index (χ2v) is 9.07. The predicted molar refractivity (Wildman–Crippen MR) is 94.0 cm³/mol. The molecule has 138 valence electrons. The highest BCUT2D eigenvalue weighted by Crippen LogP contribution is 2.47. The molecule has 5 nitrogen and oxygen atoms in total. The Hall–Kier alpha value is -1.47. The molecule has 1 aromatic carbocycles. The zero-order valence-corrected chi connectivity index (χ0v) is 15.2. The van der Waals surface area contributed by atoms with Crippen LogP contribution in [0.4, 0.5) is 4.39 Å². The molecule has 2 N–H and O–H groups in total. The van der Waals surface area contributed by atoms with Crippen LogP contribution in [0.25, 0.3) is 0 Å². The van der Waals surface area contributed by atoms with E-state index in [1.807, 2.05) is 0 Å². The Morgan fingerprint density at radius 2 is 1.88 bits per heavy atom. The largest absolute Gasteiger partial charge is 0.356 e. The van der Waals surface area contributed by atoms with Crippen molar-refractivity contribution in [2.75, 3.05) is 12.8 Å². The fourth-order valence-corrected chi connectivity index (χ4v) is 4.67. The van der Waals surface area contributed by atoms with Crippen LogP contribution >= 0.6 is 0 Å². The summed E-state index contributed by atoms with van der Waals surface area (Å²) in [4.78, 5) is 12.4. The van der Waals surface area contributed by atoms with E-state index in [4.69, 9.17) is 0 Å². The summed E-state index contributed by atoms with van der Waals surface area (Å²) in [6, 6.07) is 6.22. The first kappa shape index (κ1) is 18.3. The number of hydrogen-bond acceptors (Lipinski definition) is 3.